The van der Waals surface area contributed by atoms with Crippen LogP contribution in [-0.4, -0.2) is 37.5 Å². The second-order valence-corrected chi connectivity index (χ2v) is 6.39. The van der Waals surface area contributed by atoms with Gasteiger partial charge in [0.15, 0.2) is 0 Å². The van der Waals surface area contributed by atoms with Gasteiger partial charge in [-0.05, 0) is 43.9 Å². The molecule has 1 aromatic carbocycles. The van der Waals surface area contributed by atoms with Gasteiger partial charge in [-0.1, -0.05) is 0 Å². The van der Waals surface area contributed by atoms with E-state index >= 15 is 0 Å². The lowest BCUT2D eigenvalue weighted by Crippen LogP contribution is -3.14. The second kappa shape index (κ2) is 7.15. The predicted molar refractivity (Wildman–Crippen MR) is 88.1 cm³/mol. The first-order valence-corrected chi connectivity index (χ1v) is 8.31. The van der Waals surface area contributed by atoms with Crippen molar-refractivity contribution in [1.82, 2.24) is 0 Å². The number of fused-ring (bicyclic) bond motifs is 1. The number of quaternary nitrogens is 1. The topological polar surface area (TPSA) is 64.1 Å². The molecule has 124 valence electrons. The van der Waals surface area contributed by atoms with Gasteiger partial charge in [0.2, 0.25) is 0 Å². The number of rotatable bonds is 5. The normalized spacial score (nSPS) is 17.3. The van der Waals surface area contributed by atoms with E-state index < -0.39 is 6.10 Å². The van der Waals surface area contributed by atoms with Crippen molar-refractivity contribution >= 4 is 11.0 Å². The quantitative estimate of drug-likeness (QED) is 0.805. The van der Waals surface area contributed by atoms with Crippen molar-refractivity contribution < 1.29 is 19.2 Å². The lowest BCUT2D eigenvalue weighted by atomic mass is 10.1. The maximum Gasteiger partial charge on any atom is 0.336 e. The number of nitrogens with one attached hydrogen (secondary N) is 1. The molecule has 3 rings (SSSR count). The van der Waals surface area contributed by atoms with Gasteiger partial charge in [-0.2, -0.15) is 0 Å². The Kier molecular flexibility index (Phi) is 4.98. The van der Waals surface area contributed by atoms with E-state index in [1.54, 1.807) is 6.07 Å². The molecule has 1 aliphatic rings. The van der Waals surface area contributed by atoms with Crippen molar-refractivity contribution in [2.24, 2.45) is 0 Å². The fourth-order valence-electron chi connectivity index (χ4n) is 3.24. The minimum absolute atomic E-state index is 0.255. The Labute approximate surface area is 135 Å². The number of benzene rings is 1. The van der Waals surface area contributed by atoms with Crippen LogP contribution in [0.3, 0.4) is 0 Å². The minimum Gasteiger partial charge on any atom is -0.491 e. The Hall–Kier alpha value is -1.85. The van der Waals surface area contributed by atoms with Gasteiger partial charge in [0.1, 0.15) is 30.6 Å². The number of likely N-dealkylation sites (tertiary alicyclic amines) is 1. The third-order valence-corrected chi connectivity index (χ3v) is 4.45. The average Bonchev–Trinajstić information content (AvgIpc) is 2.53. The molecule has 5 nitrogen and oxygen atoms in total. The highest BCUT2D eigenvalue weighted by atomic mass is 16.5. The molecule has 0 amide bonds. The SMILES string of the molecule is Cc1cc(=O)oc2cc(OC[C@H](O)C[NH+]3CCCCC3)ccc12. The molecule has 23 heavy (non-hydrogen) atoms. The molecule has 0 saturated carbocycles. The van der Waals surface area contributed by atoms with Gasteiger partial charge < -0.3 is 19.2 Å². The summed E-state index contributed by atoms with van der Waals surface area (Å²) in [5, 5.41) is 11.0. The standard InChI is InChI=1S/C18H23NO4/c1-13-9-18(21)23-17-10-15(5-6-16(13)17)22-12-14(20)11-19-7-3-2-4-8-19/h5-6,9-10,14,20H,2-4,7-8,11-12H2,1H3/p+1/t14-/m1/s1. The van der Waals surface area contributed by atoms with Gasteiger partial charge in [-0.15, -0.1) is 0 Å². The summed E-state index contributed by atoms with van der Waals surface area (Å²) in [4.78, 5) is 12.9. The number of hydrogen-bond donors (Lipinski definition) is 2. The molecule has 0 spiro atoms. The molecule has 2 aromatic rings. The monoisotopic (exact) mass is 318 g/mol. The van der Waals surface area contributed by atoms with Gasteiger partial charge in [-0.3, -0.25) is 0 Å². The molecule has 0 aliphatic carbocycles. The van der Waals surface area contributed by atoms with E-state index in [4.69, 9.17) is 9.15 Å². The lowest BCUT2D eigenvalue weighted by Gasteiger charge is -2.25. The highest BCUT2D eigenvalue weighted by Crippen LogP contribution is 2.22. The summed E-state index contributed by atoms with van der Waals surface area (Å²) in [6, 6.07) is 6.92. The number of aryl methyl sites for hydroxylation is 1. The Bertz CT molecular complexity index is 719. The van der Waals surface area contributed by atoms with Crippen molar-refractivity contribution in [2.45, 2.75) is 32.3 Å². The third kappa shape index (κ3) is 4.12. The van der Waals surface area contributed by atoms with Crippen molar-refractivity contribution in [1.29, 1.82) is 0 Å². The van der Waals surface area contributed by atoms with Crippen LogP contribution in [-0.2, 0) is 0 Å². The molecule has 1 fully saturated rings. The van der Waals surface area contributed by atoms with E-state index in [0.29, 0.717) is 11.3 Å². The van der Waals surface area contributed by atoms with E-state index in [2.05, 4.69) is 0 Å². The van der Waals surface area contributed by atoms with Crippen LogP contribution in [0, 0.1) is 6.92 Å². The zero-order valence-corrected chi connectivity index (χ0v) is 13.5. The average molecular weight is 318 g/mol. The van der Waals surface area contributed by atoms with E-state index in [-0.39, 0.29) is 12.2 Å². The zero-order chi connectivity index (χ0) is 16.2. The number of aliphatic hydroxyl groups is 1. The fraction of sp³-hybridized carbons (Fsp3) is 0.500. The summed E-state index contributed by atoms with van der Waals surface area (Å²) in [5.41, 5.74) is 1.04. The van der Waals surface area contributed by atoms with Crippen LogP contribution >= 0.6 is 0 Å². The van der Waals surface area contributed by atoms with Crippen LogP contribution in [0.15, 0.2) is 33.5 Å². The highest BCUT2D eigenvalue weighted by molar-refractivity contribution is 5.81. The molecule has 0 radical (unpaired) electrons. The van der Waals surface area contributed by atoms with E-state index in [0.717, 1.165) is 30.6 Å². The molecular formula is C18H24NO4+. The minimum atomic E-state index is -0.483. The Morgan fingerprint density at radius 3 is 2.83 bits per heavy atom. The Balaban J connectivity index is 1.61. The molecule has 1 aliphatic heterocycles. The first-order chi connectivity index (χ1) is 11.1. The van der Waals surface area contributed by atoms with Crippen molar-refractivity contribution in [2.75, 3.05) is 26.2 Å². The van der Waals surface area contributed by atoms with Crippen molar-refractivity contribution in [3.8, 4) is 5.75 Å². The predicted octanol–water partition coefficient (Wildman–Crippen LogP) is 0.910. The number of ether oxygens (including phenoxy) is 1. The summed E-state index contributed by atoms with van der Waals surface area (Å²) in [6.45, 7) is 5.13. The van der Waals surface area contributed by atoms with Gasteiger partial charge in [0.25, 0.3) is 0 Å². The van der Waals surface area contributed by atoms with Crippen LogP contribution in [0.5, 0.6) is 5.75 Å². The third-order valence-electron chi connectivity index (χ3n) is 4.45. The summed E-state index contributed by atoms with van der Waals surface area (Å²) >= 11 is 0. The van der Waals surface area contributed by atoms with Crippen LogP contribution in [0.2, 0.25) is 0 Å². The number of hydrogen-bond acceptors (Lipinski definition) is 4. The zero-order valence-electron chi connectivity index (χ0n) is 13.5. The van der Waals surface area contributed by atoms with Crippen molar-refractivity contribution in [3.63, 3.8) is 0 Å². The maximum absolute atomic E-state index is 11.5. The molecular weight excluding hydrogens is 294 g/mol. The second-order valence-electron chi connectivity index (χ2n) is 6.39. The van der Waals surface area contributed by atoms with Crippen LogP contribution in [0.4, 0.5) is 0 Å². The molecule has 5 heteroatoms. The van der Waals surface area contributed by atoms with E-state index in [1.165, 1.54) is 30.2 Å². The highest BCUT2D eigenvalue weighted by Gasteiger charge is 2.18. The maximum atomic E-state index is 11.5. The first-order valence-electron chi connectivity index (χ1n) is 8.31. The van der Waals surface area contributed by atoms with Gasteiger partial charge in [-0.25, -0.2) is 4.79 Å². The van der Waals surface area contributed by atoms with Crippen molar-refractivity contribution in [3.05, 3.63) is 40.2 Å². The van der Waals surface area contributed by atoms with Crippen LogP contribution < -0.4 is 15.3 Å². The van der Waals surface area contributed by atoms with Gasteiger partial charge in [0, 0.05) is 17.5 Å². The molecule has 0 unspecified atom stereocenters. The van der Waals surface area contributed by atoms with E-state index in [9.17, 15) is 9.90 Å². The first kappa shape index (κ1) is 16.0. The molecule has 0 bridgehead atoms. The number of piperidine rings is 1. The smallest absolute Gasteiger partial charge is 0.336 e. The summed E-state index contributed by atoms with van der Waals surface area (Å²) in [6.07, 6.45) is 3.30. The Morgan fingerprint density at radius 2 is 2.04 bits per heavy atom. The van der Waals surface area contributed by atoms with Gasteiger partial charge >= 0.3 is 5.63 Å². The Morgan fingerprint density at radius 1 is 1.26 bits per heavy atom. The number of aliphatic hydroxyl groups excluding tert-OH is 1. The van der Waals surface area contributed by atoms with E-state index in [1.807, 2.05) is 19.1 Å². The molecule has 1 atom stereocenters. The molecule has 2 heterocycles. The summed E-state index contributed by atoms with van der Waals surface area (Å²) in [7, 11) is 0. The molecule has 1 aromatic heterocycles. The van der Waals surface area contributed by atoms with Crippen LogP contribution in [0.1, 0.15) is 24.8 Å². The fourth-order valence-corrected chi connectivity index (χ4v) is 3.24. The lowest BCUT2D eigenvalue weighted by molar-refractivity contribution is -0.908. The summed E-state index contributed by atoms with van der Waals surface area (Å²) < 4.78 is 10.9. The van der Waals surface area contributed by atoms with Crippen LogP contribution in [0.25, 0.3) is 11.0 Å². The van der Waals surface area contributed by atoms with Gasteiger partial charge in [0.05, 0.1) is 13.1 Å². The molecule has 1 saturated heterocycles. The largest absolute Gasteiger partial charge is 0.491 e. The molecule has 2 N–H and O–H groups in total. The summed E-state index contributed by atoms with van der Waals surface area (Å²) in [5.74, 6) is 0.610.